The van der Waals surface area contributed by atoms with Crippen molar-refractivity contribution in [2.45, 2.75) is 6.42 Å². The fourth-order valence-electron chi connectivity index (χ4n) is 1.83. The third-order valence-corrected chi connectivity index (χ3v) is 2.79. The quantitative estimate of drug-likeness (QED) is 0.405. The minimum Gasteiger partial charge on any atom is -0.385 e. The number of methoxy groups -OCH3 is 1. The van der Waals surface area contributed by atoms with Crippen molar-refractivity contribution < 1.29 is 4.74 Å². The van der Waals surface area contributed by atoms with Crippen LogP contribution in [0.25, 0.3) is 11.2 Å². The second-order valence-electron chi connectivity index (χ2n) is 4.03. The van der Waals surface area contributed by atoms with Gasteiger partial charge in [0.05, 0.1) is 23.8 Å². The number of amidine groups is 1. The molecule has 0 radical (unpaired) electrons. The van der Waals surface area contributed by atoms with Gasteiger partial charge in [0, 0.05) is 27.3 Å². The Kier molecular flexibility index (Phi) is 4.30. The summed E-state index contributed by atoms with van der Waals surface area (Å²) in [5.74, 6) is 0.439. The molecule has 2 heterocycles. The molecule has 2 aromatic heterocycles. The lowest BCUT2D eigenvalue weighted by molar-refractivity contribution is 0.198. The van der Waals surface area contributed by atoms with Gasteiger partial charge in [-0.25, -0.2) is 9.97 Å². The van der Waals surface area contributed by atoms with Crippen molar-refractivity contribution in [3.8, 4) is 0 Å². The van der Waals surface area contributed by atoms with Crippen LogP contribution in [0.15, 0.2) is 17.5 Å². The first kappa shape index (κ1) is 13.3. The standard InChI is InChI=1S/C12H18N6O/c1-14-11(13)9-8(15-4-3-5-19-2)6-16-12-10(9)17-7-18-12/h6-7,15H,3-5H2,1-2H3,(H2,13,14)(H,16,17,18). The van der Waals surface area contributed by atoms with Gasteiger partial charge in [-0.2, -0.15) is 0 Å². The highest BCUT2D eigenvalue weighted by Crippen LogP contribution is 2.21. The van der Waals surface area contributed by atoms with Crippen LogP contribution in [0, 0.1) is 0 Å². The maximum atomic E-state index is 5.95. The topological polar surface area (TPSA) is 101 Å². The van der Waals surface area contributed by atoms with Crippen LogP contribution in [0.5, 0.6) is 0 Å². The third-order valence-electron chi connectivity index (χ3n) is 2.79. The number of imidazole rings is 1. The SMILES string of the molecule is CN=C(N)c1c(NCCCOC)cnc2[nH]cnc12. The summed E-state index contributed by atoms with van der Waals surface area (Å²) in [6, 6.07) is 0. The van der Waals surface area contributed by atoms with E-state index in [1.807, 2.05) is 0 Å². The number of nitrogens with zero attached hydrogens (tertiary/aromatic N) is 3. The van der Waals surface area contributed by atoms with Gasteiger partial charge < -0.3 is 20.8 Å². The molecule has 0 fully saturated rings. The van der Waals surface area contributed by atoms with E-state index in [1.165, 1.54) is 0 Å². The minimum absolute atomic E-state index is 0.439. The number of aromatic amines is 1. The van der Waals surface area contributed by atoms with Crippen LogP contribution >= 0.6 is 0 Å². The fraction of sp³-hybridized carbons (Fsp3) is 0.417. The van der Waals surface area contributed by atoms with E-state index in [-0.39, 0.29) is 0 Å². The van der Waals surface area contributed by atoms with Crippen molar-refractivity contribution in [2.75, 3.05) is 32.6 Å². The number of aromatic nitrogens is 3. The van der Waals surface area contributed by atoms with Gasteiger partial charge in [-0.1, -0.05) is 0 Å². The molecule has 0 aliphatic carbocycles. The van der Waals surface area contributed by atoms with E-state index in [2.05, 4.69) is 25.3 Å². The highest BCUT2D eigenvalue weighted by Gasteiger charge is 2.13. The molecular formula is C12H18N6O. The Morgan fingerprint density at radius 3 is 3.11 bits per heavy atom. The number of H-pyrrole nitrogens is 1. The van der Waals surface area contributed by atoms with Gasteiger partial charge in [-0.05, 0) is 6.42 Å². The van der Waals surface area contributed by atoms with Crippen LogP contribution in [0.3, 0.4) is 0 Å². The van der Waals surface area contributed by atoms with E-state index in [9.17, 15) is 0 Å². The van der Waals surface area contributed by atoms with Crippen LogP contribution in [-0.2, 0) is 4.74 Å². The molecule has 0 amide bonds. The van der Waals surface area contributed by atoms with E-state index < -0.39 is 0 Å². The zero-order valence-electron chi connectivity index (χ0n) is 11.1. The van der Waals surface area contributed by atoms with Gasteiger partial charge in [0.15, 0.2) is 5.65 Å². The van der Waals surface area contributed by atoms with E-state index in [4.69, 9.17) is 10.5 Å². The number of nitrogens with two attached hydrogens (primary N) is 1. The van der Waals surface area contributed by atoms with Gasteiger partial charge in [-0.3, -0.25) is 4.99 Å². The van der Waals surface area contributed by atoms with Crippen LogP contribution in [-0.4, -0.2) is 48.1 Å². The number of pyridine rings is 1. The van der Waals surface area contributed by atoms with Crippen LogP contribution in [0.1, 0.15) is 12.0 Å². The molecule has 0 atom stereocenters. The number of nitrogens with one attached hydrogen (secondary N) is 2. The fourth-order valence-corrected chi connectivity index (χ4v) is 1.83. The largest absolute Gasteiger partial charge is 0.385 e. The van der Waals surface area contributed by atoms with Crippen molar-refractivity contribution in [2.24, 2.45) is 10.7 Å². The first-order valence-corrected chi connectivity index (χ1v) is 6.05. The number of hydrogen-bond acceptors (Lipinski definition) is 5. The summed E-state index contributed by atoms with van der Waals surface area (Å²) >= 11 is 0. The monoisotopic (exact) mass is 262 g/mol. The molecule has 0 aliphatic rings. The predicted molar refractivity (Wildman–Crippen MR) is 75.5 cm³/mol. The average molecular weight is 262 g/mol. The van der Waals surface area contributed by atoms with Gasteiger partial charge in [0.2, 0.25) is 0 Å². The van der Waals surface area contributed by atoms with Crippen molar-refractivity contribution >= 4 is 22.7 Å². The van der Waals surface area contributed by atoms with E-state index >= 15 is 0 Å². The normalized spacial score (nSPS) is 12.0. The lowest BCUT2D eigenvalue weighted by atomic mass is 10.1. The molecule has 102 valence electrons. The van der Waals surface area contributed by atoms with Crippen LogP contribution in [0.2, 0.25) is 0 Å². The Balaban J connectivity index is 2.31. The lowest BCUT2D eigenvalue weighted by Gasteiger charge is -2.11. The molecule has 2 aromatic rings. The summed E-state index contributed by atoms with van der Waals surface area (Å²) in [4.78, 5) is 15.5. The maximum absolute atomic E-state index is 5.95. The number of hydrogen-bond donors (Lipinski definition) is 3. The van der Waals surface area contributed by atoms with E-state index in [0.717, 1.165) is 29.7 Å². The molecule has 0 saturated heterocycles. The second kappa shape index (κ2) is 6.14. The number of fused-ring (bicyclic) bond motifs is 1. The summed E-state index contributed by atoms with van der Waals surface area (Å²) in [5.41, 5.74) is 8.99. The molecule has 0 unspecified atom stereocenters. The molecule has 0 spiro atoms. The Morgan fingerprint density at radius 1 is 1.53 bits per heavy atom. The van der Waals surface area contributed by atoms with Crippen molar-refractivity contribution in [3.63, 3.8) is 0 Å². The van der Waals surface area contributed by atoms with Gasteiger partial charge in [0.1, 0.15) is 11.4 Å². The number of aliphatic imine (C=N–C) groups is 1. The van der Waals surface area contributed by atoms with Crippen molar-refractivity contribution in [1.29, 1.82) is 0 Å². The number of rotatable bonds is 6. The maximum Gasteiger partial charge on any atom is 0.158 e. The molecule has 19 heavy (non-hydrogen) atoms. The first-order chi connectivity index (χ1) is 9.27. The Bertz CT molecular complexity index is 577. The Morgan fingerprint density at radius 2 is 2.37 bits per heavy atom. The smallest absolute Gasteiger partial charge is 0.158 e. The first-order valence-electron chi connectivity index (χ1n) is 6.05. The minimum atomic E-state index is 0.439. The molecule has 4 N–H and O–H groups in total. The lowest BCUT2D eigenvalue weighted by Crippen LogP contribution is -2.17. The molecule has 0 aliphatic heterocycles. The predicted octanol–water partition coefficient (Wildman–Crippen LogP) is 0.741. The Hall–Kier alpha value is -2.15. The number of anilines is 1. The van der Waals surface area contributed by atoms with Gasteiger partial charge >= 0.3 is 0 Å². The summed E-state index contributed by atoms with van der Waals surface area (Å²) in [5, 5.41) is 3.29. The summed E-state index contributed by atoms with van der Waals surface area (Å²) in [6.45, 7) is 1.48. The molecule has 2 rings (SSSR count). The summed E-state index contributed by atoms with van der Waals surface area (Å²) in [6.07, 6.45) is 4.23. The van der Waals surface area contributed by atoms with E-state index in [1.54, 1.807) is 26.7 Å². The highest BCUT2D eigenvalue weighted by molar-refractivity contribution is 6.10. The molecule has 0 saturated carbocycles. The highest BCUT2D eigenvalue weighted by atomic mass is 16.5. The molecule has 7 nitrogen and oxygen atoms in total. The zero-order chi connectivity index (χ0) is 13.7. The summed E-state index contributed by atoms with van der Waals surface area (Å²) < 4.78 is 5.02. The van der Waals surface area contributed by atoms with Crippen LogP contribution in [0.4, 0.5) is 5.69 Å². The summed E-state index contributed by atoms with van der Waals surface area (Å²) in [7, 11) is 3.34. The third kappa shape index (κ3) is 2.82. The van der Waals surface area contributed by atoms with Gasteiger partial charge in [-0.15, -0.1) is 0 Å². The van der Waals surface area contributed by atoms with Crippen molar-refractivity contribution in [3.05, 3.63) is 18.1 Å². The average Bonchev–Trinajstić information content (AvgIpc) is 2.90. The second-order valence-corrected chi connectivity index (χ2v) is 4.03. The van der Waals surface area contributed by atoms with Gasteiger partial charge in [0.25, 0.3) is 0 Å². The Labute approximate surface area is 111 Å². The van der Waals surface area contributed by atoms with Crippen molar-refractivity contribution in [1.82, 2.24) is 15.0 Å². The number of ether oxygens (including phenoxy) is 1. The molecular weight excluding hydrogens is 244 g/mol. The molecule has 0 aromatic carbocycles. The zero-order valence-corrected chi connectivity index (χ0v) is 11.1. The molecule has 0 bridgehead atoms. The van der Waals surface area contributed by atoms with Crippen LogP contribution < -0.4 is 11.1 Å². The molecule has 7 heteroatoms. The van der Waals surface area contributed by atoms with E-state index in [0.29, 0.717) is 18.1 Å².